The number of Topliss-reactive ketones (excluding diaryl/α,β-unsaturated/α-hetero) is 1. The van der Waals surface area contributed by atoms with Gasteiger partial charge in [0.15, 0.2) is 5.78 Å². The van der Waals surface area contributed by atoms with Crippen molar-refractivity contribution in [2.24, 2.45) is 0 Å². The van der Waals surface area contributed by atoms with Gasteiger partial charge in [0.2, 0.25) is 0 Å². The molecule has 16 heavy (non-hydrogen) atoms. The smallest absolute Gasteiger partial charge is 0.163 e. The number of anilines is 1. The second-order valence-corrected chi connectivity index (χ2v) is 4.47. The van der Waals surface area contributed by atoms with E-state index in [1.165, 1.54) is 5.56 Å². The van der Waals surface area contributed by atoms with E-state index in [2.05, 4.69) is 0 Å². The maximum absolute atomic E-state index is 11.8. The van der Waals surface area contributed by atoms with Crippen LogP contribution in [0.5, 0.6) is 0 Å². The molecular weight excluding hydrogens is 222 g/mol. The van der Waals surface area contributed by atoms with Crippen LogP contribution >= 0.6 is 11.6 Å². The lowest BCUT2D eigenvalue weighted by Crippen LogP contribution is -2.10. The number of nitrogens with two attached hydrogens (primary N) is 1. The average molecular weight is 232 g/mol. The highest BCUT2D eigenvalue weighted by Gasteiger charge is 2.21. The molecule has 1 aliphatic carbocycles. The first-order chi connectivity index (χ1) is 7.68. The van der Waals surface area contributed by atoms with Crippen molar-refractivity contribution in [3.05, 3.63) is 40.4 Å². The first-order valence-corrected chi connectivity index (χ1v) is 5.59. The maximum atomic E-state index is 11.8. The van der Waals surface area contributed by atoms with Gasteiger partial charge in [-0.3, -0.25) is 4.79 Å². The fourth-order valence-electron chi connectivity index (χ4n) is 2.36. The molecule has 3 rings (SSSR count). The van der Waals surface area contributed by atoms with Gasteiger partial charge in [0.05, 0.1) is 10.7 Å². The summed E-state index contributed by atoms with van der Waals surface area (Å²) in [6.07, 6.45) is 1.36. The Hall–Kier alpha value is -1.54. The number of rotatable bonds is 0. The molecule has 0 radical (unpaired) electrons. The highest BCUT2D eigenvalue weighted by molar-refractivity contribution is 6.39. The summed E-state index contributed by atoms with van der Waals surface area (Å²) in [6.45, 7) is 0. The minimum Gasteiger partial charge on any atom is -0.397 e. The number of hydrogen-bond acceptors (Lipinski definition) is 2. The van der Waals surface area contributed by atoms with Gasteiger partial charge in [0.25, 0.3) is 0 Å². The highest BCUT2D eigenvalue weighted by atomic mass is 35.5. The number of hydrogen-bond donors (Lipinski definition) is 1. The van der Waals surface area contributed by atoms with Crippen LogP contribution in [0.4, 0.5) is 5.69 Å². The minimum absolute atomic E-state index is 0.159. The summed E-state index contributed by atoms with van der Waals surface area (Å²) >= 11 is 6.16. The third-order valence-corrected chi connectivity index (χ3v) is 3.55. The molecule has 2 aromatic rings. The van der Waals surface area contributed by atoms with Crippen LogP contribution in [0.1, 0.15) is 22.3 Å². The lowest BCUT2D eigenvalue weighted by atomic mass is 9.87. The molecule has 0 amide bonds. The van der Waals surface area contributed by atoms with Crippen molar-refractivity contribution >= 4 is 33.8 Å². The van der Waals surface area contributed by atoms with Crippen molar-refractivity contribution in [1.82, 2.24) is 0 Å². The van der Waals surface area contributed by atoms with E-state index in [4.69, 9.17) is 17.3 Å². The van der Waals surface area contributed by atoms with Crippen LogP contribution in [-0.4, -0.2) is 5.78 Å². The fraction of sp³-hybridized carbons (Fsp3) is 0.154. The largest absolute Gasteiger partial charge is 0.397 e. The molecule has 0 atom stereocenters. The van der Waals surface area contributed by atoms with Gasteiger partial charge in [-0.25, -0.2) is 0 Å². The van der Waals surface area contributed by atoms with Gasteiger partial charge < -0.3 is 5.73 Å². The number of aryl methyl sites for hydroxylation is 1. The topological polar surface area (TPSA) is 43.1 Å². The number of carbonyl (C=O) groups excluding carboxylic acids is 1. The zero-order chi connectivity index (χ0) is 11.3. The summed E-state index contributed by atoms with van der Waals surface area (Å²) in [7, 11) is 0. The van der Waals surface area contributed by atoms with Gasteiger partial charge in [-0.1, -0.05) is 29.8 Å². The number of nitrogen functional groups attached to an aromatic ring is 1. The van der Waals surface area contributed by atoms with Gasteiger partial charge in [0.1, 0.15) is 0 Å². The summed E-state index contributed by atoms with van der Waals surface area (Å²) < 4.78 is 0. The molecule has 0 bridgehead atoms. The molecule has 2 aromatic carbocycles. The zero-order valence-corrected chi connectivity index (χ0v) is 9.34. The van der Waals surface area contributed by atoms with E-state index in [1.807, 2.05) is 18.2 Å². The predicted molar refractivity (Wildman–Crippen MR) is 66.0 cm³/mol. The SMILES string of the molecule is Nc1cc2c3c(cccc3c1Cl)CCC2=O. The summed E-state index contributed by atoms with van der Waals surface area (Å²) in [5.74, 6) is 0.159. The molecule has 80 valence electrons. The van der Waals surface area contributed by atoms with E-state index in [9.17, 15) is 4.79 Å². The third kappa shape index (κ3) is 1.17. The van der Waals surface area contributed by atoms with E-state index in [0.29, 0.717) is 17.1 Å². The van der Waals surface area contributed by atoms with Gasteiger partial charge in [-0.05, 0) is 23.4 Å². The Labute approximate surface area is 98.0 Å². The molecule has 0 heterocycles. The quantitative estimate of drug-likeness (QED) is 0.708. The van der Waals surface area contributed by atoms with Gasteiger partial charge in [0, 0.05) is 17.4 Å². The Balaban J connectivity index is 2.55. The molecule has 0 saturated carbocycles. The molecule has 2 N–H and O–H groups in total. The molecule has 0 aliphatic heterocycles. The van der Waals surface area contributed by atoms with E-state index < -0.39 is 0 Å². The Morgan fingerprint density at radius 3 is 2.88 bits per heavy atom. The summed E-state index contributed by atoms with van der Waals surface area (Å²) in [4.78, 5) is 11.8. The second-order valence-electron chi connectivity index (χ2n) is 4.09. The lowest BCUT2D eigenvalue weighted by molar-refractivity contribution is 0.0982. The van der Waals surface area contributed by atoms with E-state index in [0.717, 1.165) is 22.8 Å². The van der Waals surface area contributed by atoms with Crippen molar-refractivity contribution < 1.29 is 4.79 Å². The molecule has 0 fully saturated rings. The number of benzene rings is 2. The van der Waals surface area contributed by atoms with E-state index in [-0.39, 0.29) is 5.78 Å². The number of halogens is 1. The maximum Gasteiger partial charge on any atom is 0.163 e. The highest BCUT2D eigenvalue weighted by Crippen LogP contribution is 2.37. The van der Waals surface area contributed by atoms with Gasteiger partial charge >= 0.3 is 0 Å². The van der Waals surface area contributed by atoms with E-state index in [1.54, 1.807) is 6.07 Å². The Bertz CT molecular complexity index is 619. The molecular formula is C13H10ClNO. The normalized spacial score (nSPS) is 14.4. The fourth-order valence-corrected chi connectivity index (χ4v) is 2.57. The van der Waals surface area contributed by atoms with Crippen molar-refractivity contribution in [2.45, 2.75) is 12.8 Å². The van der Waals surface area contributed by atoms with Crippen LogP contribution in [0.15, 0.2) is 24.3 Å². The van der Waals surface area contributed by atoms with E-state index >= 15 is 0 Å². The van der Waals surface area contributed by atoms with Crippen molar-refractivity contribution in [3.8, 4) is 0 Å². The van der Waals surface area contributed by atoms with Crippen LogP contribution in [-0.2, 0) is 6.42 Å². The third-order valence-electron chi connectivity index (χ3n) is 3.13. The van der Waals surface area contributed by atoms with Crippen molar-refractivity contribution in [2.75, 3.05) is 5.73 Å². The van der Waals surface area contributed by atoms with Crippen LogP contribution in [0.2, 0.25) is 5.02 Å². The van der Waals surface area contributed by atoms with Crippen LogP contribution in [0.3, 0.4) is 0 Å². The Morgan fingerprint density at radius 2 is 2.06 bits per heavy atom. The summed E-state index contributed by atoms with van der Waals surface area (Å²) in [5, 5.41) is 2.43. The molecule has 0 spiro atoms. The predicted octanol–water partition coefficient (Wildman–Crippen LogP) is 3.20. The number of carbonyl (C=O) groups is 1. The van der Waals surface area contributed by atoms with Crippen molar-refractivity contribution in [3.63, 3.8) is 0 Å². The molecule has 3 heteroatoms. The lowest BCUT2D eigenvalue weighted by Gasteiger charge is -2.17. The first-order valence-electron chi connectivity index (χ1n) is 5.21. The van der Waals surface area contributed by atoms with Crippen LogP contribution < -0.4 is 5.73 Å². The van der Waals surface area contributed by atoms with Crippen LogP contribution in [0.25, 0.3) is 10.8 Å². The van der Waals surface area contributed by atoms with Crippen LogP contribution in [0, 0.1) is 0 Å². The molecule has 2 nitrogen and oxygen atoms in total. The standard InChI is InChI=1S/C13H10ClNO/c14-13-8-3-1-2-7-4-5-11(16)9(12(7)8)6-10(13)15/h1-3,6H,4-5,15H2. The second kappa shape index (κ2) is 3.22. The number of ketones is 1. The van der Waals surface area contributed by atoms with Gasteiger partial charge in [-0.2, -0.15) is 0 Å². The monoisotopic (exact) mass is 231 g/mol. The Morgan fingerprint density at radius 1 is 1.25 bits per heavy atom. The molecule has 1 aliphatic rings. The molecule has 0 unspecified atom stereocenters. The average Bonchev–Trinajstić information content (AvgIpc) is 2.29. The summed E-state index contributed by atoms with van der Waals surface area (Å²) in [6, 6.07) is 7.63. The molecule has 0 saturated heterocycles. The zero-order valence-electron chi connectivity index (χ0n) is 8.59. The van der Waals surface area contributed by atoms with Crippen molar-refractivity contribution in [1.29, 1.82) is 0 Å². The first kappa shape index (κ1) is 9.67. The molecule has 0 aromatic heterocycles. The Kier molecular flexibility index (Phi) is 1.95. The van der Waals surface area contributed by atoms with Gasteiger partial charge in [-0.15, -0.1) is 0 Å². The summed E-state index contributed by atoms with van der Waals surface area (Å²) in [5.41, 5.74) is 8.21. The minimum atomic E-state index is 0.159.